The predicted molar refractivity (Wildman–Crippen MR) is 116 cm³/mol. The Morgan fingerprint density at radius 3 is 2.34 bits per heavy atom. The number of rotatable bonds is 5. The van der Waals surface area contributed by atoms with Gasteiger partial charge in [0.1, 0.15) is 6.04 Å². The second-order valence-electron chi connectivity index (χ2n) is 7.71. The Bertz CT molecular complexity index is 862. The Hall–Kier alpha value is -3.02. The molecule has 2 aromatic rings. The highest BCUT2D eigenvalue weighted by atomic mass is 16.2. The van der Waals surface area contributed by atoms with E-state index < -0.39 is 0 Å². The van der Waals surface area contributed by atoms with Crippen LogP contribution >= 0.6 is 0 Å². The molecule has 2 heterocycles. The highest BCUT2D eigenvalue weighted by Gasteiger charge is 2.26. The molecule has 152 valence electrons. The van der Waals surface area contributed by atoms with Crippen LogP contribution in [0.15, 0.2) is 54.6 Å². The third-order valence-electron chi connectivity index (χ3n) is 5.70. The van der Waals surface area contributed by atoms with E-state index in [0.717, 1.165) is 50.5 Å². The van der Waals surface area contributed by atoms with Gasteiger partial charge in [-0.15, -0.1) is 0 Å². The van der Waals surface area contributed by atoms with Gasteiger partial charge in [0.2, 0.25) is 11.8 Å². The first-order chi connectivity index (χ1) is 14.1. The van der Waals surface area contributed by atoms with Crippen LogP contribution in [0.4, 0.5) is 17.1 Å². The lowest BCUT2D eigenvalue weighted by molar-refractivity contribution is -0.132. The summed E-state index contributed by atoms with van der Waals surface area (Å²) in [6.07, 6.45) is 1.52. The third-order valence-corrected chi connectivity index (χ3v) is 5.70. The number of nitrogens with one attached hydrogen (secondary N) is 1. The van der Waals surface area contributed by atoms with Crippen LogP contribution < -0.4 is 15.1 Å². The average molecular weight is 393 g/mol. The minimum atomic E-state index is -0.317. The Labute approximate surface area is 172 Å². The first kappa shape index (κ1) is 19.3. The smallest absolute Gasteiger partial charge is 0.244 e. The Balaban J connectivity index is 1.34. The number of amides is 2. The lowest BCUT2D eigenvalue weighted by Crippen LogP contribution is -2.52. The van der Waals surface area contributed by atoms with Crippen molar-refractivity contribution in [3.63, 3.8) is 0 Å². The second kappa shape index (κ2) is 8.55. The lowest BCUT2D eigenvalue weighted by Gasteiger charge is -2.37. The van der Waals surface area contributed by atoms with E-state index in [0.29, 0.717) is 6.42 Å². The highest BCUT2D eigenvalue weighted by Crippen LogP contribution is 2.25. The summed E-state index contributed by atoms with van der Waals surface area (Å²) in [6, 6.07) is 17.8. The molecule has 2 aliphatic heterocycles. The van der Waals surface area contributed by atoms with Gasteiger partial charge in [0.15, 0.2) is 0 Å². The first-order valence-electron chi connectivity index (χ1n) is 10.4. The fraction of sp³-hybridized carbons (Fsp3) is 0.391. The van der Waals surface area contributed by atoms with Gasteiger partial charge in [-0.25, -0.2) is 0 Å². The van der Waals surface area contributed by atoms with Crippen molar-refractivity contribution in [2.75, 3.05) is 47.8 Å². The van der Waals surface area contributed by atoms with Crippen molar-refractivity contribution in [3.05, 3.63) is 54.6 Å². The molecule has 2 aromatic carbocycles. The van der Waals surface area contributed by atoms with Gasteiger partial charge in [-0.1, -0.05) is 24.3 Å². The number of para-hydroxylation sites is 1. The number of carbonyl (C=O) groups is 2. The molecule has 0 aliphatic carbocycles. The molecule has 29 heavy (non-hydrogen) atoms. The summed E-state index contributed by atoms with van der Waals surface area (Å²) in [5, 5.41) is 3.32. The van der Waals surface area contributed by atoms with Crippen LogP contribution in [0.25, 0.3) is 0 Å². The fourth-order valence-electron chi connectivity index (χ4n) is 4.09. The molecule has 2 aliphatic rings. The maximum Gasteiger partial charge on any atom is 0.244 e. The molecule has 0 radical (unpaired) electrons. The molecule has 0 bridgehead atoms. The molecule has 2 saturated heterocycles. The molecule has 2 amide bonds. The van der Waals surface area contributed by atoms with Crippen molar-refractivity contribution in [3.8, 4) is 0 Å². The first-order valence-corrected chi connectivity index (χ1v) is 10.4. The summed E-state index contributed by atoms with van der Waals surface area (Å²) in [7, 11) is 0. The Morgan fingerprint density at radius 1 is 0.931 bits per heavy atom. The molecule has 0 aromatic heterocycles. The largest absolute Gasteiger partial charge is 0.374 e. The predicted octanol–water partition coefficient (Wildman–Crippen LogP) is 2.96. The molecule has 6 heteroatoms. The van der Waals surface area contributed by atoms with E-state index in [2.05, 4.69) is 22.3 Å². The number of nitrogens with zero attached hydrogens (tertiary/aromatic N) is 3. The summed E-state index contributed by atoms with van der Waals surface area (Å²) in [4.78, 5) is 31.0. The topological polar surface area (TPSA) is 55.9 Å². The Morgan fingerprint density at radius 2 is 1.66 bits per heavy atom. The minimum absolute atomic E-state index is 0.111. The van der Waals surface area contributed by atoms with E-state index >= 15 is 0 Å². The van der Waals surface area contributed by atoms with Crippen LogP contribution in [0.1, 0.15) is 19.8 Å². The standard InChI is InChI=1S/C23H28N4O2/c1-18(24-19-7-5-10-21(17-19)27-12-6-11-22(27)28)23(29)26-15-13-25(14-16-26)20-8-3-2-4-9-20/h2-5,7-10,17-18,24H,6,11-16H2,1H3. The van der Waals surface area contributed by atoms with Crippen molar-refractivity contribution in [1.29, 1.82) is 0 Å². The van der Waals surface area contributed by atoms with Gasteiger partial charge in [0.05, 0.1) is 0 Å². The van der Waals surface area contributed by atoms with Crippen molar-refractivity contribution in [2.24, 2.45) is 0 Å². The monoisotopic (exact) mass is 392 g/mol. The van der Waals surface area contributed by atoms with Gasteiger partial charge in [0.25, 0.3) is 0 Å². The summed E-state index contributed by atoms with van der Waals surface area (Å²) < 4.78 is 0. The van der Waals surface area contributed by atoms with Gasteiger partial charge in [0, 0.05) is 56.2 Å². The van der Waals surface area contributed by atoms with E-state index in [1.165, 1.54) is 5.69 Å². The van der Waals surface area contributed by atoms with Gasteiger partial charge in [-0.3, -0.25) is 9.59 Å². The molecular weight excluding hydrogens is 364 g/mol. The van der Waals surface area contributed by atoms with Crippen LogP contribution in [0.2, 0.25) is 0 Å². The van der Waals surface area contributed by atoms with E-state index in [9.17, 15) is 9.59 Å². The zero-order valence-corrected chi connectivity index (χ0v) is 16.9. The van der Waals surface area contributed by atoms with Gasteiger partial charge in [-0.2, -0.15) is 0 Å². The average Bonchev–Trinajstić information content (AvgIpc) is 3.20. The number of piperazine rings is 1. The number of hydrogen-bond donors (Lipinski definition) is 1. The van der Waals surface area contributed by atoms with Crippen molar-refractivity contribution < 1.29 is 9.59 Å². The van der Waals surface area contributed by atoms with E-state index in [-0.39, 0.29) is 17.9 Å². The summed E-state index contributed by atoms with van der Waals surface area (Å²) in [6.45, 7) is 5.80. The zero-order chi connectivity index (χ0) is 20.2. The molecule has 0 spiro atoms. The quantitative estimate of drug-likeness (QED) is 0.850. The maximum absolute atomic E-state index is 12.9. The molecule has 1 unspecified atom stereocenters. The molecule has 2 fully saturated rings. The van der Waals surface area contributed by atoms with Crippen LogP contribution in [0.3, 0.4) is 0 Å². The number of anilines is 3. The maximum atomic E-state index is 12.9. The van der Waals surface area contributed by atoms with E-state index in [4.69, 9.17) is 0 Å². The Kier molecular flexibility index (Phi) is 5.69. The van der Waals surface area contributed by atoms with Gasteiger partial charge < -0.3 is 20.0 Å². The van der Waals surface area contributed by atoms with Crippen molar-refractivity contribution in [1.82, 2.24) is 4.90 Å². The lowest BCUT2D eigenvalue weighted by atomic mass is 10.2. The van der Waals surface area contributed by atoms with E-state index in [1.54, 1.807) is 0 Å². The molecule has 1 atom stereocenters. The molecule has 0 saturated carbocycles. The molecular formula is C23H28N4O2. The normalized spacial score (nSPS) is 18.1. The summed E-state index contributed by atoms with van der Waals surface area (Å²) in [5.74, 6) is 0.280. The van der Waals surface area contributed by atoms with Gasteiger partial charge >= 0.3 is 0 Å². The van der Waals surface area contributed by atoms with Crippen molar-refractivity contribution in [2.45, 2.75) is 25.8 Å². The summed E-state index contributed by atoms with van der Waals surface area (Å²) >= 11 is 0. The third kappa shape index (κ3) is 4.36. The molecule has 6 nitrogen and oxygen atoms in total. The summed E-state index contributed by atoms with van der Waals surface area (Å²) in [5.41, 5.74) is 2.97. The zero-order valence-electron chi connectivity index (χ0n) is 16.9. The van der Waals surface area contributed by atoms with Crippen molar-refractivity contribution >= 4 is 28.9 Å². The number of hydrogen-bond acceptors (Lipinski definition) is 4. The SMILES string of the molecule is CC(Nc1cccc(N2CCCC2=O)c1)C(=O)N1CCN(c2ccccc2)CC1. The number of benzene rings is 2. The number of carbonyl (C=O) groups excluding carboxylic acids is 2. The second-order valence-corrected chi connectivity index (χ2v) is 7.71. The minimum Gasteiger partial charge on any atom is -0.374 e. The highest BCUT2D eigenvalue weighted by molar-refractivity contribution is 5.95. The van der Waals surface area contributed by atoms with Gasteiger partial charge in [-0.05, 0) is 43.7 Å². The van der Waals surface area contributed by atoms with E-state index in [1.807, 2.05) is 59.2 Å². The fourth-order valence-corrected chi connectivity index (χ4v) is 4.09. The van der Waals surface area contributed by atoms with Crippen LogP contribution in [-0.2, 0) is 9.59 Å². The van der Waals surface area contributed by atoms with Crippen LogP contribution in [0, 0.1) is 0 Å². The molecule has 4 rings (SSSR count). The van der Waals surface area contributed by atoms with Crippen LogP contribution in [-0.4, -0.2) is 55.5 Å². The van der Waals surface area contributed by atoms with Crippen LogP contribution in [0.5, 0.6) is 0 Å². The molecule has 1 N–H and O–H groups in total.